The van der Waals surface area contributed by atoms with E-state index < -0.39 is 0 Å². The molecule has 0 atom stereocenters. The van der Waals surface area contributed by atoms with E-state index in [-0.39, 0.29) is 12.5 Å². The monoisotopic (exact) mass is 392 g/mol. The Morgan fingerprint density at radius 1 is 1.22 bits per heavy atom. The second kappa shape index (κ2) is 9.12. The number of hydrazone groups is 1. The SMILES string of the molecule is O=C(COc1cccc(Cl)c1)NN=C/C(Br)=C/c1ccccc1. The van der Waals surface area contributed by atoms with Crippen LogP contribution in [0.1, 0.15) is 5.56 Å². The minimum atomic E-state index is -0.360. The molecule has 0 aromatic heterocycles. The van der Waals surface area contributed by atoms with Gasteiger partial charge >= 0.3 is 0 Å². The van der Waals surface area contributed by atoms with Crippen LogP contribution >= 0.6 is 27.5 Å². The number of ether oxygens (including phenoxy) is 1. The van der Waals surface area contributed by atoms with E-state index >= 15 is 0 Å². The molecular weight excluding hydrogens is 380 g/mol. The van der Waals surface area contributed by atoms with Crippen LogP contribution in [-0.2, 0) is 4.79 Å². The highest BCUT2D eigenvalue weighted by Crippen LogP contribution is 2.16. The van der Waals surface area contributed by atoms with Gasteiger partial charge in [-0.2, -0.15) is 5.10 Å². The van der Waals surface area contributed by atoms with Gasteiger partial charge in [0, 0.05) is 9.51 Å². The van der Waals surface area contributed by atoms with Gasteiger partial charge in [0.1, 0.15) is 5.75 Å². The van der Waals surface area contributed by atoms with Gasteiger partial charge in [-0.1, -0.05) is 48.0 Å². The molecule has 2 aromatic carbocycles. The number of amides is 1. The van der Waals surface area contributed by atoms with Crippen molar-refractivity contribution < 1.29 is 9.53 Å². The van der Waals surface area contributed by atoms with Gasteiger partial charge in [-0.25, -0.2) is 5.43 Å². The Morgan fingerprint density at radius 3 is 2.74 bits per heavy atom. The first-order valence-electron chi connectivity index (χ1n) is 6.76. The van der Waals surface area contributed by atoms with Crippen molar-refractivity contribution in [2.75, 3.05) is 6.61 Å². The molecule has 23 heavy (non-hydrogen) atoms. The fraction of sp³-hybridized carbons (Fsp3) is 0.0588. The summed E-state index contributed by atoms with van der Waals surface area (Å²) in [6.45, 7) is -0.141. The number of carbonyl (C=O) groups is 1. The highest BCUT2D eigenvalue weighted by Gasteiger charge is 2.01. The lowest BCUT2D eigenvalue weighted by atomic mass is 10.2. The van der Waals surface area contributed by atoms with Crippen molar-refractivity contribution in [3.05, 3.63) is 69.7 Å². The average molecular weight is 394 g/mol. The van der Waals surface area contributed by atoms with E-state index in [2.05, 4.69) is 26.5 Å². The van der Waals surface area contributed by atoms with Crippen LogP contribution in [0.3, 0.4) is 0 Å². The van der Waals surface area contributed by atoms with Gasteiger partial charge in [0.2, 0.25) is 0 Å². The predicted octanol–water partition coefficient (Wildman–Crippen LogP) is 4.26. The van der Waals surface area contributed by atoms with Crippen LogP contribution in [0.25, 0.3) is 6.08 Å². The second-order valence-corrected chi connectivity index (χ2v) is 5.83. The van der Waals surface area contributed by atoms with Crippen LogP contribution in [-0.4, -0.2) is 18.7 Å². The zero-order valence-corrected chi connectivity index (χ0v) is 14.4. The van der Waals surface area contributed by atoms with E-state index in [4.69, 9.17) is 16.3 Å². The standard InChI is InChI=1S/C17H14BrClN2O2/c18-14(9-13-5-2-1-3-6-13)11-20-21-17(22)12-23-16-8-4-7-15(19)10-16/h1-11H,12H2,(H,21,22)/b14-9-,20-11?. The van der Waals surface area contributed by atoms with E-state index in [9.17, 15) is 4.79 Å². The van der Waals surface area contributed by atoms with E-state index in [0.29, 0.717) is 10.8 Å². The van der Waals surface area contributed by atoms with Gasteiger partial charge in [0.15, 0.2) is 6.61 Å². The number of hydrogen-bond acceptors (Lipinski definition) is 3. The quantitative estimate of drug-likeness (QED) is 0.589. The summed E-state index contributed by atoms with van der Waals surface area (Å²) in [6, 6.07) is 16.6. The molecule has 0 heterocycles. The van der Waals surface area contributed by atoms with Crippen molar-refractivity contribution in [2.24, 2.45) is 5.10 Å². The molecule has 0 unspecified atom stereocenters. The first kappa shape index (κ1) is 17.2. The topological polar surface area (TPSA) is 50.7 Å². The molecule has 0 bridgehead atoms. The lowest BCUT2D eigenvalue weighted by molar-refractivity contribution is -0.123. The van der Waals surface area contributed by atoms with E-state index in [1.807, 2.05) is 36.4 Å². The van der Waals surface area contributed by atoms with Crippen LogP contribution in [0.5, 0.6) is 5.75 Å². The van der Waals surface area contributed by atoms with Crippen LogP contribution in [0.2, 0.25) is 5.02 Å². The van der Waals surface area contributed by atoms with Gasteiger partial charge in [-0.15, -0.1) is 0 Å². The van der Waals surface area contributed by atoms with Crippen molar-refractivity contribution >= 4 is 45.7 Å². The van der Waals surface area contributed by atoms with Gasteiger partial charge in [-0.05, 0) is 45.8 Å². The van der Waals surface area contributed by atoms with Crippen molar-refractivity contribution in [3.8, 4) is 5.75 Å². The summed E-state index contributed by atoms with van der Waals surface area (Å²) in [4.78, 5) is 11.6. The lowest BCUT2D eigenvalue weighted by Gasteiger charge is -2.04. The van der Waals surface area contributed by atoms with Gasteiger partial charge in [-0.3, -0.25) is 4.79 Å². The molecule has 4 nitrogen and oxygen atoms in total. The van der Waals surface area contributed by atoms with E-state index in [1.165, 1.54) is 6.21 Å². The highest BCUT2D eigenvalue weighted by atomic mass is 79.9. The molecule has 118 valence electrons. The molecule has 2 aromatic rings. The van der Waals surface area contributed by atoms with Crippen molar-refractivity contribution in [1.29, 1.82) is 0 Å². The Hall–Kier alpha value is -2.11. The van der Waals surface area contributed by atoms with E-state index in [1.54, 1.807) is 24.3 Å². The van der Waals surface area contributed by atoms with Crippen LogP contribution < -0.4 is 10.2 Å². The zero-order chi connectivity index (χ0) is 16.5. The molecule has 0 spiro atoms. The Kier molecular flexibility index (Phi) is 6.84. The van der Waals surface area contributed by atoms with Crippen molar-refractivity contribution in [1.82, 2.24) is 5.43 Å². The van der Waals surface area contributed by atoms with Crippen LogP contribution in [0.15, 0.2) is 64.2 Å². The summed E-state index contributed by atoms with van der Waals surface area (Å²) in [5.41, 5.74) is 3.42. The fourth-order valence-electron chi connectivity index (χ4n) is 1.65. The number of halogens is 2. The highest BCUT2D eigenvalue weighted by molar-refractivity contribution is 9.12. The lowest BCUT2D eigenvalue weighted by Crippen LogP contribution is -2.24. The third-order valence-electron chi connectivity index (χ3n) is 2.65. The fourth-order valence-corrected chi connectivity index (χ4v) is 2.20. The summed E-state index contributed by atoms with van der Waals surface area (Å²) in [6.07, 6.45) is 3.39. The molecule has 0 aliphatic carbocycles. The molecule has 0 saturated heterocycles. The Bertz CT molecular complexity index is 718. The number of nitrogens with one attached hydrogen (secondary N) is 1. The van der Waals surface area contributed by atoms with Gasteiger partial charge in [0.25, 0.3) is 5.91 Å². The number of allylic oxidation sites excluding steroid dienone is 1. The zero-order valence-electron chi connectivity index (χ0n) is 12.1. The number of benzene rings is 2. The first-order valence-corrected chi connectivity index (χ1v) is 7.93. The molecule has 0 saturated carbocycles. The van der Waals surface area contributed by atoms with Gasteiger partial charge < -0.3 is 4.74 Å². The van der Waals surface area contributed by atoms with E-state index in [0.717, 1.165) is 10.0 Å². The number of rotatable bonds is 6. The smallest absolute Gasteiger partial charge is 0.277 e. The third-order valence-corrected chi connectivity index (χ3v) is 3.32. The number of nitrogens with zero attached hydrogens (tertiary/aromatic N) is 1. The number of hydrogen-bond donors (Lipinski definition) is 1. The maximum Gasteiger partial charge on any atom is 0.277 e. The molecule has 0 fully saturated rings. The van der Waals surface area contributed by atoms with Gasteiger partial charge in [0.05, 0.1) is 6.21 Å². The van der Waals surface area contributed by atoms with Crippen molar-refractivity contribution in [3.63, 3.8) is 0 Å². The minimum Gasteiger partial charge on any atom is -0.484 e. The third kappa shape index (κ3) is 6.67. The minimum absolute atomic E-state index is 0.141. The molecule has 6 heteroatoms. The molecule has 0 aliphatic heterocycles. The van der Waals surface area contributed by atoms with Crippen molar-refractivity contribution in [2.45, 2.75) is 0 Å². The normalized spacial score (nSPS) is 11.5. The maximum atomic E-state index is 11.6. The maximum absolute atomic E-state index is 11.6. The largest absolute Gasteiger partial charge is 0.484 e. The van der Waals surface area contributed by atoms with Crippen LogP contribution in [0, 0.1) is 0 Å². The summed E-state index contributed by atoms with van der Waals surface area (Å²) in [7, 11) is 0. The number of carbonyl (C=O) groups excluding carboxylic acids is 1. The predicted molar refractivity (Wildman–Crippen MR) is 96.9 cm³/mol. The Balaban J connectivity index is 1.78. The summed E-state index contributed by atoms with van der Waals surface area (Å²) in [5, 5.41) is 4.40. The molecule has 1 amide bonds. The molecule has 2 rings (SSSR count). The first-order chi connectivity index (χ1) is 11.1. The molecular formula is C17H14BrClN2O2. The summed E-state index contributed by atoms with van der Waals surface area (Å²) >= 11 is 9.19. The molecule has 0 radical (unpaired) electrons. The molecule has 1 N–H and O–H groups in total. The molecule has 0 aliphatic rings. The average Bonchev–Trinajstić information content (AvgIpc) is 2.54. The summed E-state index contributed by atoms with van der Waals surface area (Å²) in [5.74, 6) is 0.169. The van der Waals surface area contributed by atoms with Crippen LogP contribution in [0.4, 0.5) is 0 Å². The Morgan fingerprint density at radius 2 is 2.00 bits per heavy atom. The second-order valence-electron chi connectivity index (χ2n) is 4.48. The summed E-state index contributed by atoms with van der Waals surface area (Å²) < 4.78 is 6.04. The Labute approximate surface area is 147 Å².